The molecule has 2 saturated heterocycles. The zero-order valence-electron chi connectivity index (χ0n) is 39.8. The first-order valence-corrected chi connectivity index (χ1v) is 23.4. The number of nitrogens with one attached hydrogen (secondary N) is 2. The van der Waals surface area contributed by atoms with E-state index in [4.69, 9.17) is 14.2 Å². The summed E-state index contributed by atoms with van der Waals surface area (Å²) in [7, 11) is 0. The molecule has 0 aliphatic carbocycles. The predicted molar refractivity (Wildman–Crippen MR) is 255 cm³/mol. The van der Waals surface area contributed by atoms with Crippen molar-refractivity contribution in [3.05, 3.63) is 56.2 Å². The molecule has 4 amide bonds. The van der Waals surface area contributed by atoms with Gasteiger partial charge in [0.2, 0.25) is 0 Å². The largest absolute Gasteiger partial charge is 0.463 e. The van der Waals surface area contributed by atoms with Crippen molar-refractivity contribution >= 4 is 89.9 Å². The van der Waals surface area contributed by atoms with Crippen molar-refractivity contribution in [2.24, 2.45) is 0 Å². The highest BCUT2D eigenvalue weighted by Gasteiger charge is 2.33. The molecule has 66 heavy (non-hydrogen) atoms. The van der Waals surface area contributed by atoms with Crippen molar-refractivity contribution in [3.8, 4) is 0 Å². The predicted octanol–water partition coefficient (Wildman–Crippen LogP) is 9.46. The highest BCUT2D eigenvalue weighted by molar-refractivity contribution is 9.10. The van der Waals surface area contributed by atoms with Gasteiger partial charge in [0.05, 0.1) is 11.0 Å². The lowest BCUT2D eigenvalue weighted by atomic mass is 9.84. The second-order valence-corrected chi connectivity index (χ2v) is 22.2. The Balaban J connectivity index is 0.000000247. The quantitative estimate of drug-likeness (QED) is 0.163. The number of ether oxygens (including phenoxy) is 3. The number of carbonyl (C=O) groups is 6. The van der Waals surface area contributed by atoms with Crippen LogP contribution in [0.5, 0.6) is 0 Å². The van der Waals surface area contributed by atoms with Crippen molar-refractivity contribution in [1.82, 2.24) is 40.0 Å². The van der Waals surface area contributed by atoms with Crippen LogP contribution in [0.15, 0.2) is 39.3 Å². The molecule has 18 nitrogen and oxygen atoms in total. The van der Waals surface area contributed by atoms with E-state index >= 15 is 0 Å². The summed E-state index contributed by atoms with van der Waals surface area (Å²) in [5, 5.41) is 25.1. The average Bonchev–Trinajstić information content (AvgIpc) is 3.75. The van der Waals surface area contributed by atoms with E-state index < -0.39 is 34.9 Å². The molecule has 20 heteroatoms. The number of aromatic nitrogens is 4. The van der Waals surface area contributed by atoms with Gasteiger partial charge in [-0.2, -0.15) is 19.6 Å². The van der Waals surface area contributed by atoms with E-state index in [0.717, 1.165) is 23.9 Å². The average molecular weight is 1050 g/mol. The molecule has 2 aliphatic rings. The van der Waals surface area contributed by atoms with Gasteiger partial charge in [0, 0.05) is 58.0 Å². The van der Waals surface area contributed by atoms with Gasteiger partial charge in [-0.3, -0.25) is 9.59 Å². The summed E-state index contributed by atoms with van der Waals surface area (Å²) in [4.78, 5) is 78.7. The third kappa shape index (κ3) is 13.2. The van der Waals surface area contributed by atoms with Gasteiger partial charge in [0.1, 0.15) is 16.8 Å². The number of halogens is 2. The lowest BCUT2D eigenvalue weighted by molar-refractivity contribution is 0.0187. The summed E-state index contributed by atoms with van der Waals surface area (Å²) in [5.74, 6) is -0.810. The Kier molecular flexibility index (Phi) is 15.6. The van der Waals surface area contributed by atoms with E-state index in [1.54, 1.807) is 60.9 Å². The minimum atomic E-state index is -1.26. The van der Waals surface area contributed by atoms with Crippen LogP contribution in [0.1, 0.15) is 135 Å². The van der Waals surface area contributed by atoms with Crippen LogP contribution in [-0.4, -0.2) is 126 Å². The second-order valence-electron chi connectivity index (χ2n) is 20.4. The van der Waals surface area contributed by atoms with Gasteiger partial charge in [-0.25, -0.2) is 19.2 Å². The number of piperidine rings is 2. The number of rotatable bonds is 4. The van der Waals surface area contributed by atoms with Crippen molar-refractivity contribution in [2.75, 3.05) is 26.2 Å². The molecular weight excluding hydrogens is 984 g/mol. The summed E-state index contributed by atoms with van der Waals surface area (Å²) in [6, 6.07) is 8.38. The summed E-state index contributed by atoms with van der Waals surface area (Å²) in [6.07, 6.45) is -0.293. The Morgan fingerprint density at radius 2 is 1.03 bits per heavy atom. The van der Waals surface area contributed by atoms with Crippen molar-refractivity contribution < 1.29 is 48.1 Å². The molecule has 2 aromatic carbocycles. The molecule has 360 valence electrons. The number of nitrogens with zero attached hydrogens (tertiary/aromatic N) is 6. The normalized spacial score (nSPS) is 15.5. The first-order chi connectivity index (χ1) is 30.4. The summed E-state index contributed by atoms with van der Waals surface area (Å²) in [6.45, 7) is 24.2. The number of hydrogen-bond acceptors (Lipinski definition) is 11. The Labute approximate surface area is 401 Å². The van der Waals surface area contributed by atoms with Crippen molar-refractivity contribution in [3.63, 3.8) is 0 Å². The number of benzene rings is 2. The Bertz CT molecular complexity index is 2490. The lowest BCUT2D eigenvalue weighted by Crippen LogP contribution is -2.47. The van der Waals surface area contributed by atoms with E-state index in [0.29, 0.717) is 73.7 Å². The van der Waals surface area contributed by atoms with Crippen LogP contribution in [0.4, 0.5) is 19.2 Å². The fourth-order valence-corrected chi connectivity index (χ4v) is 8.79. The highest BCUT2D eigenvalue weighted by atomic mass is 79.9. The maximum atomic E-state index is 13.3. The molecular formula is C46H62Br2N8O10. The van der Waals surface area contributed by atoms with Gasteiger partial charge in [-0.05, 0) is 129 Å². The first kappa shape index (κ1) is 51.7. The van der Waals surface area contributed by atoms with Crippen LogP contribution in [-0.2, 0) is 19.6 Å². The summed E-state index contributed by atoms with van der Waals surface area (Å²) < 4.78 is 19.8. The topological polar surface area (TPSA) is 217 Å². The molecule has 2 aliphatic heterocycles. The van der Waals surface area contributed by atoms with Crippen molar-refractivity contribution in [1.29, 1.82) is 0 Å². The molecule has 0 bridgehead atoms. The van der Waals surface area contributed by atoms with Crippen LogP contribution in [0.25, 0.3) is 21.8 Å². The molecule has 3 N–H and O–H groups in total. The minimum Gasteiger partial charge on any atom is -0.463 e. The van der Waals surface area contributed by atoms with Crippen molar-refractivity contribution in [2.45, 2.75) is 143 Å². The third-order valence-corrected chi connectivity index (χ3v) is 11.5. The molecule has 4 aromatic rings. The first-order valence-electron chi connectivity index (χ1n) is 21.9. The van der Waals surface area contributed by atoms with E-state index in [1.807, 2.05) is 62.3 Å². The van der Waals surface area contributed by atoms with Crippen LogP contribution >= 0.6 is 31.9 Å². The highest BCUT2D eigenvalue weighted by Crippen LogP contribution is 2.38. The third-order valence-electron chi connectivity index (χ3n) is 10.3. The number of carbonyl (C=O) groups excluding carboxylic acids is 5. The standard InChI is InChI=1S/2C23H31BrN4O5/c1-22(2,3)32-20(30)27-11-9-15(10-12-27)25-19(29)18-16-13-14(24)7-8-17(16)28(26-18)21(31)33-23(4,5)6;1-22(2,3)17-14(24)7-8-15-16(17)18(26-28(15)20(30)31)19(29)25-13-9-11-27(12-10-13)21(32)33-23(4,5)6/h7-8,13,15H,9-12H2,1-6H3,(H,25,29);7-8,13H,9-12H2,1-6H3,(H,25,29)(H,30,31). The number of fused-ring (bicyclic) bond motifs is 2. The monoisotopic (exact) mass is 1040 g/mol. The Morgan fingerprint density at radius 3 is 1.47 bits per heavy atom. The maximum absolute atomic E-state index is 13.3. The Hall–Kier alpha value is -5.24. The zero-order valence-corrected chi connectivity index (χ0v) is 42.9. The lowest BCUT2D eigenvalue weighted by Gasteiger charge is -2.33. The van der Waals surface area contributed by atoms with Gasteiger partial charge in [0.25, 0.3) is 11.8 Å². The van der Waals surface area contributed by atoms with E-state index in [9.17, 15) is 33.9 Å². The second kappa shape index (κ2) is 19.9. The van der Waals surface area contributed by atoms with Gasteiger partial charge in [0.15, 0.2) is 11.4 Å². The van der Waals surface area contributed by atoms with E-state index in [-0.39, 0.29) is 47.0 Å². The Morgan fingerprint density at radius 1 is 0.606 bits per heavy atom. The molecule has 0 saturated carbocycles. The maximum Gasteiger partial charge on any atom is 0.435 e. The number of carboxylic acid groups (broad SMARTS) is 1. The van der Waals surface area contributed by atoms with Gasteiger partial charge in [-0.15, -0.1) is 0 Å². The van der Waals surface area contributed by atoms with Gasteiger partial charge >= 0.3 is 24.4 Å². The molecule has 0 radical (unpaired) electrons. The number of hydrogen-bond donors (Lipinski definition) is 3. The molecule has 4 heterocycles. The molecule has 0 spiro atoms. The molecule has 0 atom stereocenters. The molecule has 2 aromatic heterocycles. The van der Waals surface area contributed by atoms with Gasteiger partial charge < -0.3 is 39.8 Å². The fraction of sp³-hybridized carbons (Fsp3) is 0.565. The fourth-order valence-electron chi connectivity index (χ4n) is 7.50. The van der Waals surface area contributed by atoms with Crippen LogP contribution in [0, 0.1) is 0 Å². The van der Waals surface area contributed by atoms with Crippen LogP contribution < -0.4 is 10.6 Å². The number of amides is 4. The molecule has 6 rings (SSSR count). The minimum absolute atomic E-state index is 0.0770. The zero-order chi connectivity index (χ0) is 49.3. The van der Waals surface area contributed by atoms with E-state index in [1.165, 1.54) is 0 Å². The van der Waals surface area contributed by atoms with Gasteiger partial charge in [-0.1, -0.05) is 52.6 Å². The summed E-state index contributed by atoms with van der Waals surface area (Å²) >= 11 is 6.97. The van der Waals surface area contributed by atoms with Crippen LogP contribution in [0.3, 0.4) is 0 Å². The number of likely N-dealkylation sites (tertiary alicyclic amines) is 2. The van der Waals surface area contributed by atoms with E-state index in [2.05, 4.69) is 52.7 Å². The smallest absolute Gasteiger partial charge is 0.435 e. The SMILES string of the molecule is CC(C)(C)OC(=O)N1CCC(NC(=O)c2nn(C(=O)O)c3ccc(Br)c(C(C)(C)C)c23)CC1.CC(C)(C)OC(=O)N1CCC(NC(=O)c2nn(C(=O)OC(C)(C)C)c3ccc(Br)cc23)CC1. The summed E-state index contributed by atoms with van der Waals surface area (Å²) in [5.41, 5.74) is -0.293. The molecule has 2 fully saturated rings. The molecule has 0 unspecified atom stereocenters. The van der Waals surface area contributed by atoms with Crippen LogP contribution in [0.2, 0.25) is 0 Å².